The molecule has 0 saturated carbocycles. The third-order valence-corrected chi connectivity index (χ3v) is 2.98. The summed E-state index contributed by atoms with van der Waals surface area (Å²) in [6, 6.07) is 1.97. The van der Waals surface area contributed by atoms with Gasteiger partial charge in [-0.25, -0.2) is 4.68 Å². The van der Waals surface area contributed by atoms with Crippen LogP contribution in [0.25, 0.3) is 0 Å². The second-order valence-corrected chi connectivity index (χ2v) is 5.52. The Labute approximate surface area is 109 Å². The average Bonchev–Trinajstić information content (AvgIpc) is 2.76. The largest absolute Gasteiger partial charge is 0.384 e. The molecule has 5 heteroatoms. The van der Waals surface area contributed by atoms with Gasteiger partial charge in [-0.15, -0.1) is 12.4 Å². The Morgan fingerprint density at radius 3 is 2.71 bits per heavy atom. The second-order valence-electron chi connectivity index (χ2n) is 5.52. The van der Waals surface area contributed by atoms with Crippen molar-refractivity contribution in [3.63, 3.8) is 0 Å². The summed E-state index contributed by atoms with van der Waals surface area (Å²) < 4.78 is 7.46. The van der Waals surface area contributed by atoms with Gasteiger partial charge < -0.3 is 10.5 Å². The molecule has 1 atom stereocenters. The van der Waals surface area contributed by atoms with Crippen molar-refractivity contribution in [2.45, 2.75) is 51.7 Å². The van der Waals surface area contributed by atoms with Crippen molar-refractivity contribution < 1.29 is 4.74 Å². The van der Waals surface area contributed by atoms with Crippen LogP contribution in [0.5, 0.6) is 0 Å². The molecule has 1 aromatic heterocycles. The summed E-state index contributed by atoms with van der Waals surface area (Å²) in [4.78, 5) is 0. The van der Waals surface area contributed by atoms with Crippen LogP contribution in [0.15, 0.2) is 6.07 Å². The van der Waals surface area contributed by atoms with Crippen molar-refractivity contribution in [2.24, 2.45) is 0 Å². The number of ether oxygens (including phenoxy) is 1. The second kappa shape index (κ2) is 5.27. The van der Waals surface area contributed by atoms with Crippen molar-refractivity contribution in [1.82, 2.24) is 9.78 Å². The molecule has 2 heterocycles. The normalized spacial score (nSPS) is 20.3. The Kier molecular flexibility index (Phi) is 4.44. The number of hydrogen-bond acceptors (Lipinski definition) is 3. The molecule has 0 aromatic carbocycles. The summed E-state index contributed by atoms with van der Waals surface area (Å²) in [7, 11) is 0. The van der Waals surface area contributed by atoms with Gasteiger partial charge in [-0.2, -0.15) is 5.10 Å². The lowest BCUT2D eigenvalue weighted by molar-refractivity contribution is 0.0943. The van der Waals surface area contributed by atoms with E-state index in [2.05, 4.69) is 25.9 Å². The van der Waals surface area contributed by atoms with Crippen LogP contribution in [-0.4, -0.2) is 22.5 Å². The minimum Gasteiger partial charge on any atom is -0.384 e. The van der Waals surface area contributed by atoms with Crippen molar-refractivity contribution in [3.8, 4) is 0 Å². The number of rotatable bonds is 2. The number of anilines is 1. The first-order valence-electron chi connectivity index (χ1n) is 5.92. The highest BCUT2D eigenvalue weighted by Gasteiger charge is 2.21. The van der Waals surface area contributed by atoms with Crippen molar-refractivity contribution in [1.29, 1.82) is 0 Å². The number of hydrogen-bond donors (Lipinski definition) is 1. The monoisotopic (exact) mass is 259 g/mol. The molecular formula is C12H22ClN3O. The smallest absolute Gasteiger partial charge is 0.122 e. The summed E-state index contributed by atoms with van der Waals surface area (Å²) in [5.41, 5.74) is 7.06. The molecule has 0 aliphatic carbocycles. The van der Waals surface area contributed by atoms with E-state index in [4.69, 9.17) is 10.5 Å². The number of halogens is 1. The van der Waals surface area contributed by atoms with Crippen LogP contribution in [0.3, 0.4) is 0 Å². The van der Waals surface area contributed by atoms with Crippen LogP contribution < -0.4 is 5.73 Å². The summed E-state index contributed by atoms with van der Waals surface area (Å²) in [6.07, 6.45) is 2.55. The van der Waals surface area contributed by atoms with Gasteiger partial charge in [0.1, 0.15) is 5.82 Å². The first-order chi connectivity index (χ1) is 7.47. The molecule has 0 spiro atoms. The lowest BCUT2D eigenvalue weighted by atomic mass is 9.92. The fraction of sp³-hybridized carbons (Fsp3) is 0.750. The van der Waals surface area contributed by atoms with Crippen LogP contribution in [0.4, 0.5) is 5.82 Å². The molecule has 1 unspecified atom stereocenters. The minimum atomic E-state index is 0. The predicted molar refractivity (Wildman–Crippen MR) is 71.6 cm³/mol. The molecule has 1 aromatic rings. The van der Waals surface area contributed by atoms with Gasteiger partial charge in [0.05, 0.1) is 18.3 Å². The SMILES string of the molecule is CC(C)(C)c1cc(N)n(CC2CCCO2)n1.Cl. The summed E-state index contributed by atoms with van der Waals surface area (Å²) in [5, 5.41) is 4.56. The zero-order chi connectivity index (χ0) is 11.8. The molecule has 17 heavy (non-hydrogen) atoms. The van der Waals surface area contributed by atoms with Crippen LogP contribution in [-0.2, 0) is 16.7 Å². The van der Waals surface area contributed by atoms with E-state index < -0.39 is 0 Å². The Bertz CT molecular complexity index is 364. The maximum Gasteiger partial charge on any atom is 0.122 e. The molecule has 1 saturated heterocycles. The van der Waals surface area contributed by atoms with E-state index in [0.29, 0.717) is 0 Å². The van der Waals surface area contributed by atoms with Crippen molar-refractivity contribution in [2.75, 3.05) is 12.3 Å². The lowest BCUT2D eigenvalue weighted by Gasteiger charge is -2.14. The number of nitrogens with zero attached hydrogens (tertiary/aromatic N) is 2. The first kappa shape index (κ1) is 14.3. The highest BCUT2D eigenvalue weighted by molar-refractivity contribution is 5.85. The Morgan fingerprint density at radius 1 is 1.53 bits per heavy atom. The Morgan fingerprint density at radius 2 is 2.24 bits per heavy atom. The van der Waals surface area contributed by atoms with Crippen LogP contribution in [0.1, 0.15) is 39.3 Å². The molecule has 0 amide bonds. The molecule has 2 rings (SSSR count). The molecule has 4 nitrogen and oxygen atoms in total. The highest BCUT2D eigenvalue weighted by atomic mass is 35.5. The standard InChI is InChI=1S/C12H21N3O.ClH/c1-12(2,3)10-7-11(13)15(14-10)8-9-5-4-6-16-9;/h7,9H,4-6,8,13H2,1-3H3;1H. The quantitative estimate of drug-likeness (QED) is 0.887. The lowest BCUT2D eigenvalue weighted by Crippen LogP contribution is -2.19. The molecule has 1 fully saturated rings. The van der Waals surface area contributed by atoms with Gasteiger partial charge in [-0.05, 0) is 12.8 Å². The Balaban J connectivity index is 0.00000144. The summed E-state index contributed by atoms with van der Waals surface area (Å²) in [5.74, 6) is 0.737. The van der Waals surface area contributed by atoms with Gasteiger partial charge >= 0.3 is 0 Å². The van der Waals surface area contributed by atoms with Crippen molar-refractivity contribution in [3.05, 3.63) is 11.8 Å². The van der Waals surface area contributed by atoms with E-state index >= 15 is 0 Å². The van der Waals surface area contributed by atoms with Crippen LogP contribution >= 0.6 is 12.4 Å². The topological polar surface area (TPSA) is 53.1 Å². The van der Waals surface area contributed by atoms with Crippen LogP contribution in [0.2, 0.25) is 0 Å². The number of nitrogens with two attached hydrogens (primary N) is 1. The van der Waals surface area contributed by atoms with Crippen LogP contribution in [0, 0.1) is 0 Å². The van der Waals surface area contributed by atoms with Crippen molar-refractivity contribution >= 4 is 18.2 Å². The molecule has 1 aliphatic heterocycles. The van der Waals surface area contributed by atoms with E-state index in [0.717, 1.165) is 37.5 Å². The predicted octanol–water partition coefficient (Wildman–Crippen LogP) is 2.36. The van der Waals surface area contributed by atoms with Gasteiger partial charge in [0.25, 0.3) is 0 Å². The molecule has 2 N–H and O–H groups in total. The summed E-state index contributed by atoms with van der Waals surface area (Å²) in [6.45, 7) is 8.08. The molecule has 0 radical (unpaired) electrons. The van der Waals surface area contributed by atoms with E-state index in [1.54, 1.807) is 0 Å². The number of nitrogen functional groups attached to an aromatic ring is 1. The summed E-state index contributed by atoms with van der Waals surface area (Å²) >= 11 is 0. The minimum absolute atomic E-state index is 0. The van der Waals surface area contributed by atoms with Gasteiger partial charge in [0.15, 0.2) is 0 Å². The fourth-order valence-corrected chi connectivity index (χ4v) is 1.93. The number of aromatic nitrogens is 2. The zero-order valence-corrected chi connectivity index (χ0v) is 11.6. The van der Waals surface area contributed by atoms with Gasteiger partial charge in [-0.3, -0.25) is 0 Å². The third-order valence-electron chi connectivity index (χ3n) is 2.98. The van der Waals surface area contributed by atoms with Gasteiger partial charge in [0, 0.05) is 18.1 Å². The average molecular weight is 260 g/mol. The Hall–Kier alpha value is -0.740. The van der Waals surface area contributed by atoms with E-state index in [1.165, 1.54) is 0 Å². The first-order valence-corrected chi connectivity index (χ1v) is 5.92. The molecule has 1 aliphatic rings. The van der Waals surface area contributed by atoms with E-state index in [1.807, 2.05) is 10.7 Å². The fourth-order valence-electron chi connectivity index (χ4n) is 1.93. The third kappa shape index (κ3) is 3.36. The maximum absolute atomic E-state index is 5.96. The van der Waals surface area contributed by atoms with E-state index in [9.17, 15) is 0 Å². The molecule has 0 bridgehead atoms. The van der Waals surface area contributed by atoms with Gasteiger partial charge in [0.2, 0.25) is 0 Å². The zero-order valence-electron chi connectivity index (χ0n) is 10.8. The molecular weight excluding hydrogens is 238 g/mol. The van der Waals surface area contributed by atoms with Gasteiger partial charge in [-0.1, -0.05) is 20.8 Å². The maximum atomic E-state index is 5.96. The molecule has 98 valence electrons. The highest BCUT2D eigenvalue weighted by Crippen LogP contribution is 2.23. The van der Waals surface area contributed by atoms with E-state index in [-0.39, 0.29) is 23.9 Å².